The van der Waals surface area contributed by atoms with E-state index in [9.17, 15) is 9.59 Å². The summed E-state index contributed by atoms with van der Waals surface area (Å²) in [6.07, 6.45) is 2.89. The molecule has 0 aliphatic heterocycles. The van der Waals surface area contributed by atoms with Crippen molar-refractivity contribution in [3.8, 4) is 5.75 Å². The van der Waals surface area contributed by atoms with Crippen molar-refractivity contribution in [2.75, 3.05) is 20.1 Å². The van der Waals surface area contributed by atoms with Gasteiger partial charge in [0.1, 0.15) is 5.75 Å². The smallest absolute Gasteiger partial charge is 0.308 e. The predicted molar refractivity (Wildman–Crippen MR) is 131 cm³/mol. The van der Waals surface area contributed by atoms with E-state index < -0.39 is 0 Å². The van der Waals surface area contributed by atoms with Crippen molar-refractivity contribution in [1.29, 1.82) is 5.59 Å². The molecule has 7 nitrogen and oxygen atoms in total. The highest BCUT2D eigenvalue weighted by molar-refractivity contribution is 6.13. The highest BCUT2D eigenvalue weighted by atomic mass is 16.5. The number of amides is 1. The van der Waals surface area contributed by atoms with Crippen LogP contribution in [0.15, 0.2) is 54.6 Å². The maximum Gasteiger partial charge on any atom is 0.308 e. The summed E-state index contributed by atoms with van der Waals surface area (Å²) in [6, 6.07) is 17.6. The average molecular weight is 450 g/mol. The molecule has 0 heterocycles. The molecule has 0 atom stereocenters. The zero-order valence-corrected chi connectivity index (χ0v) is 19.4. The highest BCUT2D eigenvalue weighted by Crippen LogP contribution is 2.41. The number of carbonyl (C=O) groups excluding carboxylic acids is 2. The van der Waals surface area contributed by atoms with Crippen LogP contribution in [0.1, 0.15) is 47.3 Å². The molecule has 0 unspecified atom stereocenters. The second kappa shape index (κ2) is 13.1. The van der Waals surface area contributed by atoms with Crippen molar-refractivity contribution in [2.45, 2.75) is 33.1 Å². The van der Waals surface area contributed by atoms with Gasteiger partial charge < -0.3 is 15.4 Å². The van der Waals surface area contributed by atoms with Crippen LogP contribution in [0, 0.1) is 10.5 Å². The van der Waals surface area contributed by atoms with Gasteiger partial charge in [-0.05, 0) is 67.1 Å². The van der Waals surface area contributed by atoms with Crippen molar-refractivity contribution < 1.29 is 14.3 Å². The number of benzene rings is 3. The second-order valence-corrected chi connectivity index (χ2v) is 7.61. The minimum atomic E-state index is -0.388. The summed E-state index contributed by atoms with van der Waals surface area (Å²) < 4.78 is 5.36. The molecule has 0 saturated heterocycles. The summed E-state index contributed by atoms with van der Waals surface area (Å²) in [7, 11) is 1.96. The summed E-state index contributed by atoms with van der Waals surface area (Å²) in [5, 5.41) is 7.77. The Labute approximate surface area is 194 Å². The molecule has 0 saturated carbocycles. The van der Waals surface area contributed by atoms with Crippen LogP contribution < -0.4 is 15.4 Å². The van der Waals surface area contributed by atoms with Gasteiger partial charge in [0.2, 0.25) is 0 Å². The van der Waals surface area contributed by atoms with Crippen LogP contribution >= 0.6 is 0 Å². The molecule has 0 aromatic heterocycles. The van der Waals surface area contributed by atoms with E-state index in [1.165, 1.54) is 30.0 Å². The number of ether oxygens (including phenoxy) is 1. The van der Waals surface area contributed by atoms with Crippen LogP contribution in [0.3, 0.4) is 0 Å². The summed E-state index contributed by atoms with van der Waals surface area (Å²) in [6.45, 7) is 5.21. The predicted octanol–water partition coefficient (Wildman–Crippen LogP) is 4.59. The van der Waals surface area contributed by atoms with Gasteiger partial charge in [0.05, 0.1) is 5.56 Å². The second-order valence-electron chi connectivity index (χ2n) is 7.61. The van der Waals surface area contributed by atoms with Gasteiger partial charge in [-0.1, -0.05) is 55.0 Å². The van der Waals surface area contributed by atoms with Crippen LogP contribution in [0.2, 0.25) is 0 Å². The average Bonchev–Trinajstić information content (AvgIpc) is 2.81. The molecule has 33 heavy (non-hydrogen) atoms. The van der Waals surface area contributed by atoms with Crippen molar-refractivity contribution in [1.82, 2.24) is 10.6 Å². The van der Waals surface area contributed by atoms with E-state index in [1.807, 2.05) is 55.6 Å². The fourth-order valence-electron chi connectivity index (χ4n) is 3.74. The van der Waals surface area contributed by atoms with Crippen molar-refractivity contribution in [2.24, 2.45) is 0 Å². The van der Waals surface area contributed by atoms with Crippen LogP contribution in [0.25, 0.3) is 10.8 Å². The lowest BCUT2D eigenvalue weighted by Crippen LogP contribution is -2.26. The van der Waals surface area contributed by atoms with Crippen molar-refractivity contribution in [3.05, 3.63) is 81.8 Å². The lowest BCUT2D eigenvalue weighted by Gasteiger charge is -2.23. The van der Waals surface area contributed by atoms with Gasteiger partial charge in [-0.15, -0.1) is 0 Å². The van der Waals surface area contributed by atoms with E-state index in [0.717, 1.165) is 30.2 Å². The summed E-state index contributed by atoms with van der Waals surface area (Å²) >= 11 is 0. The molecule has 0 fully saturated rings. The minimum Gasteiger partial charge on any atom is -0.426 e. The van der Waals surface area contributed by atoms with E-state index in [1.54, 1.807) is 6.07 Å². The van der Waals surface area contributed by atoms with Crippen molar-refractivity contribution >= 4 is 22.6 Å². The number of nitrogens with one attached hydrogen (secondary N) is 3. The van der Waals surface area contributed by atoms with Gasteiger partial charge in [-0.3, -0.25) is 9.59 Å². The first kappa shape index (κ1) is 25.7. The summed E-state index contributed by atoms with van der Waals surface area (Å²) in [5.41, 5.74) is 8.60. The van der Waals surface area contributed by atoms with Gasteiger partial charge in [0, 0.05) is 18.9 Å². The Morgan fingerprint density at radius 1 is 0.939 bits per heavy atom. The highest BCUT2D eigenvalue weighted by Gasteiger charge is 2.24. The normalized spacial score (nSPS) is 10.6. The number of esters is 1. The molecule has 3 aromatic carbocycles. The third-order valence-electron chi connectivity index (χ3n) is 5.22. The molecule has 1 aliphatic carbocycles. The fraction of sp³-hybridized carbons (Fsp3) is 0.308. The molecule has 3 aromatic rings. The van der Waals surface area contributed by atoms with Crippen LogP contribution in [-0.2, 0) is 17.6 Å². The topological polar surface area (TPSA) is 108 Å². The zero-order valence-electron chi connectivity index (χ0n) is 19.4. The monoisotopic (exact) mass is 449 g/mol. The summed E-state index contributed by atoms with van der Waals surface area (Å²) in [5.74, 6) is -0.0867. The molecule has 0 bridgehead atoms. The van der Waals surface area contributed by atoms with Gasteiger partial charge >= 0.3 is 5.97 Å². The third kappa shape index (κ3) is 6.70. The number of nitroso groups, excluding NO2 is 1. The molecule has 4 rings (SSSR count). The first-order valence-corrected chi connectivity index (χ1v) is 11.0. The Hall–Kier alpha value is -3.58. The number of hydrogen-bond acceptors (Lipinski definition) is 6. The molecule has 0 radical (unpaired) electrons. The largest absolute Gasteiger partial charge is 0.426 e. The van der Waals surface area contributed by atoms with Crippen molar-refractivity contribution in [3.63, 3.8) is 0 Å². The van der Waals surface area contributed by atoms with E-state index in [0.29, 0.717) is 17.9 Å². The Morgan fingerprint density at radius 3 is 2.18 bits per heavy atom. The first-order valence-electron chi connectivity index (χ1n) is 11.0. The Morgan fingerprint density at radius 2 is 1.61 bits per heavy atom. The molecule has 3 N–H and O–H groups in total. The summed E-state index contributed by atoms with van der Waals surface area (Å²) in [4.78, 5) is 31.7. The van der Waals surface area contributed by atoms with Gasteiger partial charge in [-0.25, -0.2) is 0 Å². The fourth-order valence-corrected chi connectivity index (χ4v) is 3.74. The van der Waals surface area contributed by atoms with E-state index in [4.69, 9.17) is 9.64 Å². The Kier molecular flexibility index (Phi) is 10.2. The zero-order chi connectivity index (χ0) is 24.2. The maximum atomic E-state index is 12.8. The standard InChI is InChI=1S/C22H19NO3.C4H11N.HNO/c1-14(24)26-19-10-8-17-13-16-7-9-18(21(19)20(16)17)22(25)23-12-11-15-5-3-2-4-6-15;1-3-4-5-2;1-2/h2-10H,11-13H2,1H3,(H,23,25);5H,3-4H2,1-2H3;1H. The van der Waals surface area contributed by atoms with Gasteiger partial charge in [-0.2, -0.15) is 4.91 Å². The number of carbonyl (C=O) groups is 2. The van der Waals surface area contributed by atoms with Crippen LogP contribution in [-0.4, -0.2) is 32.0 Å². The molecular formula is C26H31N3O4. The van der Waals surface area contributed by atoms with Gasteiger partial charge in [0.15, 0.2) is 0 Å². The molecule has 0 spiro atoms. The van der Waals surface area contributed by atoms with E-state index in [-0.39, 0.29) is 11.9 Å². The maximum absolute atomic E-state index is 12.8. The van der Waals surface area contributed by atoms with E-state index >= 15 is 0 Å². The van der Waals surface area contributed by atoms with Gasteiger partial charge in [0.25, 0.3) is 5.91 Å². The van der Waals surface area contributed by atoms with Crippen LogP contribution in [0.5, 0.6) is 5.75 Å². The quantitative estimate of drug-likeness (QED) is 0.217. The first-order chi connectivity index (χ1) is 16.0. The lowest BCUT2D eigenvalue weighted by molar-refractivity contribution is -0.131. The number of rotatable bonds is 7. The SMILES string of the molecule is CC(=O)Oc1ccc2c3c(ccc(C(=O)NCCc4ccccc4)c13)C2.CCCNC.N=O. The molecule has 7 heteroatoms. The lowest BCUT2D eigenvalue weighted by atomic mass is 9.82. The molecule has 1 aliphatic rings. The molecule has 174 valence electrons. The Balaban J connectivity index is 0.000000489. The Bertz CT molecular complexity index is 1070. The molecular weight excluding hydrogens is 418 g/mol. The van der Waals surface area contributed by atoms with Crippen LogP contribution in [0.4, 0.5) is 0 Å². The van der Waals surface area contributed by atoms with E-state index in [2.05, 4.69) is 23.2 Å². The number of hydrogen-bond donors (Lipinski definition) is 3. The molecule has 1 amide bonds. The minimum absolute atomic E-state index is 0.148. The third-order valence-corrected chi connectivity index (χ3v) is 5.22.